The fourth-order valence-electron chi connectivity index (χ4n) is 3.30. The zero-order chi connectivity index (χ0) is 21.0. The molecule has 9 nitrogen and oxygen atoms in total. The lowest BCUT2D eigenvalue weighted by Gasteiger charge is -2.26. The SMILES string of the molecule is COCCN1CC(C(=O)Nc2cc(S(=O)(=O)N3CCOCC3)ccc2Cl)CC1=O. The van der Waals surface area contributed by atoms with E-state index in [0.717, 1.165) is 0 Å². The van der Waals surface area contributed by atoms with E-state index < -0.39 is 15.9 Å². The molecule has 29 heavy (non-hydrogen) atoms. The predicted molar refractivity (Wildman–Crippen MR) is 106 cm³/mol. The van der Waals surface area contributed by atoms with Crippen LogP contribution in [0.25, 0.3) is 0 Å². The fraction of sp³-hybridized carbons (Fsp3) is 0.556. The Bertz CT molecular complexity index is 872. The quantitative estimate of drug-likeness (QED) is 0.665. The summed E-state index contributed by atoms with van der Waals surface area (Å²) >= 11 is 6.17. The highest BCUT2D eigenvalue weighted by Gasteiger charge is 2.34. The molecule has 2 saturated heterocycles. The van der Waals surface area contributed by atoms with Crippen molar-refractivity contribution in [2.75, 3.05) is 58.4 Å². The summed E-state index contributed by atoms with van der Waals surface area (Å²) in [5.41, 5.74) is 0.203. The average molecular weight is 446 g/mol. The Hall–Kier alpha value is -1.72. The van der Waals surface area contributed by atoms with E-state index in [1.807, 2.05) is 0 Å². The third-order valence-corrected chi connectivity index (χ3v) is 7.18. The number of carbonyl (C=O) groups is 2. The molecule has 0 spiro atoms. The number of halogens is 1. The van der Waals surface area contributed by atoms with Crippen molar-refractivity contribution < 1.29 is 27.5 Å². The van der Waals surface area contributed by atoms with Gasteiger partial charge < -0.3 is 19.7 Å². The van der Waals surface area contributed by atoms with Gasteiger partial charge in [-0.1, -0.05) is 11.6 Å². The van der Waals surface area contributed by atoms with Crippen LogP contribution < -0.4 is 5.32 Å². The molecule has 1 unspecified atom stereocenters. The number of sulfonamides is 1. The number of likely N-dealkylation sites (tertiary alicyclic amines) is 1. The first kappa shape index (κ1) is 22.0. The van der Waals surface area contributed by atoms with Crippen LogP contribution in [-0.2, 0) is 29.1 Å². The van der Waals surface area contributed by atoms with E-state index >= 15 is 0 Å². The van der Waals surface area contributed by atoms with Crippen molar-refractivity contribution in [1.29, 1.82) is 0 Å². The van der Waals surface area contributed by atoms with Gasteiger partial charge in [0.25, 0.3) is 0 Å². The van der Waals surface area contributed by atoms with Crippen LogP contribution in [0.3, 0.4) is 0 Å². The van der Waals surface area contributed by atoms with E-state index in [1.165, 1.54) is 22.5 Å². The maximum atomic E-state index is 12.8. The molecule has 0 saturated carbocycles. The highest BCUT2D eigenvalue weighted by atomic mass is 35.5. The van der Waals surface area contributed by atoms with Crippen LogP contribution in [0.1, 0.15) is 6.42 Å². The van der Waals surface area contributed by atoms with Gasteiger partial charge in [0.1, 0.15) is 0 Å². The van der Waals surface area contributed by atoms with Gasteiger partial charge in [-0.25, -0.2) is 8.42 Å². The Labute approximate surface area is 174 Å². The molecular weight excluding hydrogens is 422 g/mol. The summed E-state index contributed by atoms with van der Waals surface area (Å²) in [6, 6.07) is 4.20. The van der Waals surface area contributed by atoms with Crippen molar-refractivity contribution in [2.45, 2.75) is 11.3 Å². The number of anilines is 1. The van der Waals surface area contributed by atoms with E-state index in [4.69, 9.17) is 21.1 Å². The number of methoxy groups -OCH3 is 1. The molecule has 2 heterocycles. The summed E-state index contributed by atoms with van der Waals surface area (Å²) < 4.78 is 37.2. The number of carbonyl (C=O) groups excluding carboxylic acids is 2. The third-order valence-electron chi connectivity index (χ3n) is 4.95. The van der Waals surface area contributed by atoms with Gasteiger partial charge in [0.05, 0.1) is 41.3 Å². The zero-order valence-electron chi connectivity index (χ0n) is 16.1. The second-order valence-electron chi connectivity index (χ2n) is 6.88. The number of amides is 2. The van der Waals surface area contributed by atoms with Gasteiger partial charge in [-0.15, -0.1) is 0 Å². The molecule has 160 valence electrons. The molecule has 1 atom stereocenters. The molecule has 2 fully saturated rings. The van der Waals surface area contributed by atoms with E-state index in [0.29, 0.717) is 26.4 Å². The summed E-state index contributed by atoms with van der Waals surface area (Å²) in [5, 5.41) is 2.90. The number of hydrogen-bond acceptors (Lipinski definition) is 6. The van der Waals surface area contributed by atoms with Crippen molar-refractivity contribution >= 4 is 39.1 Å². The first-order chi connectivity index (χ1) is 13.8. The van der Waals surface area contributed by atoms with Crippen LogP contribution in [0.4, 0.5) is 5.69 Å². The molecule has 0 aliphatic carbocycles. The molecule has 0 aromatic heterocycles. The summed E-state index contributed by atoms with van der Waals surface area (Å²) in [6.45, 7) is 2.33. The first-order valence-electron chi connectivity index (χ1n) is 9.28. The minimum absolute atomic E-state index is 0.0447. The molecule has 11 heteroatoms. The molecule has 2 aliphatic rings. The fourth-order valence-corrected chi connectivity index (χ4v) is 4.90. The second-order valence-corrected chi connectivity index (χ2v) is 9.23. The minimum atomic E-state index is -3.72. The zero-order valence-corrected chi connectivity index (χ0v) is 17.7. The number of morpholine rings is 1. The van der Waals surface area contributed by atoms with Gasteiger partial charge in [-0.3, -0.25) is 9.59 Å². The van der Waals surface area contributed by atoms with Crippen LogP contribution >= 0.6 is 11.6 Å². The molecule has 1 aromatic carbocycles. The Morgan fingerprint density at radius 2 is 2.07 bits per heavy atom. The van der Waals surface area contributed by atoms with Gasteiger partial charge in [0.2, 0.25) is 21.8 Å². The number of nitrogens with zero attached hydrogens (tertiary/aromatic N) is 2. The molecule has 3 rings (SSSR count). The number of ether oxygens (including phenoxy) is 2. The molecule has 0 bridgehead atoms. The molecule has 2 amide bonds. The van der Waals surface area contributed by atoms with Gasteiger partial charge in [0.15, 0.2) is 0 Å². The highest BCUT2D eigenvalue weighted by molar-refractivity contribution is 7.89. The van der Waals surface area contributed by atoms with Crippen molar-refractivity contribution in [1.82, 2.24) is 9.21 Å². The summed E-state index contributed by atoms with van der Waals surface area (Å²) in [7, 11) is -2.17. The highest BCUT2D eigenvalue weighted by Crippen LogP contribution is 2.29. The van der Waals surface area contributed by atoms with Crippen molar-refractivity contribution in [3.63, 3.8) is 0 Å². The van der Waals surface area contributed by atoms with E-state index in [1.54, 1.807) is 12.0 Å². The van der Waals surface area contributed by atoms with E-state index in [-0.39, 0.29) is 53.5 Å². The van der Waals surface area contributed by atoms with Crippen LogP contribution in [0.15, 0.2) is 23.1 Å². The Balaban J connectivity index is 1.72. The Kier molecular flexibility index (Phi) is 7.12. The molecule has 1 aromatic rings. The number of nitrogens with one attached hydrogen (secondary N) is 1. The van der Waals surface area contributed by atoms with Crippen LogP contribution in [-0.4, -0.2) is 82.5 Å². The summed E-state index contributed by atoms with van der Waals surface area (Å²) in [6.07, 6.45) is 0.0962. The lowest BCUT2D eigenvalue weighted by atomic mass is 10.1. The maximum Gasteiger partial charge on any atom is 0.243 e. The minimum Gasteiger partial charge on any atom is -0.383 e. The third kappa shape index (κ3) is 5.07. The summed E-state index contributed by atoms with van der Waals surface area (Å²) in [5.74, 6) is -1.02. The number of rotatable bonds is 7. The maximum absolute atomic E-state index is 12.8. The Morgan fingerprint density at radius 1 is 1.34 bits per heavy atom. The van der Waals surface area contributed by atoms with E-state index in [2.05, 4.69) is 5.32 Å². The van der Waals surface area contributed by atoms with Crippen molar-refractivity contribution in [3.8, 4) is 0 Å². The van der Waals surface area contributed by atoms with Gasteiger partial charge in [-0.2, -0.15) is 4.31 Å². The normalized spacial score (nSPS) is 20.8. The van der Waals surface area contributed by atoms with Gasteiger partial charge in [-0.05, 0) is 18.2 Å². The Morgan fingerprint density at radius 3 is 2.76 bits per heavy atom. The molecular formula is C18H24ClN3O6S. The summed E-state index contributed by atoms with van der Waals surface area (Å²) in [4.78, 5) is 26.3. The van der Waals surface area contributed by atoms with Crippen LogP contribution in [0.2, 0.25) is 5.02 Å². The average Bonchev–Trinajstić information content (AvgIpc) is 3.09. The monoisotopic (exact) mass is 445 g/mol. The molecule has 1 N–H and O–H groups in total. The van der Waals surface area contributed by atoms with E-state index in [9.17, 15) is 18.0 Å². The molecule has 2 aliphatic heterocycles. The van der Waals surface area contributed by atoms with Gasteiger partial charge >= 0.3 is 0 Å². The second kappa shape index (κ2) is 9.40. The number of hydrogen-bond donors (Lipinski definition) is 1. The molecule has 0 radical (unpaired) electrons. The first-order valence-corrected chi connectivity index (χ1v) is 11.1. The lowest BCUT2D eigenvalue weighted by molar-refractivity contribution is -0.128. The van der Waals surface area contributed by atoms with Crippen LogP contribution in [0.5, 0.6) is 0 Å². The smallest absolute Gasteiger partial charge is 0.243 e. The van der Waals surface area contributed by atoms with Crippen molar-refractivity contribution in [2.24, 2.45) is 5.92 Å². The predicted octanol–water partition coefficient (Wildman–Crippen LogP) is 0.794. The lowest BCUT2D eigenvalue weighted by Crippen LogP contribution is -2.40. The number of benzene rings is 1. The standard InChI is InChI=1S/C18H24ClN3O6S/c1-27-7-4-21-12-13(10-17(21)23)18(24)20-16-11-14(2-3-15(16)19)29(25,26)22-5-8-28-9-6-22/h2-3,11,13H,4-10,12H2,1H3,(H,20,24). The van der Waals surface area contributed by atoms with Crippen LogP contribution in [0, 0.1) is 5.92 Å². The topological polar surface area (TPSA) is 105 Å². The van der Waals surface area contributed by atoms with Crippen molar-refractivity contribution in [3.05, 3.63) is 23.2 Å². The van der Waals surface area contributed by atoms with Gasteiger partial charge in [0, 0.05) is 39.7 Å². The largest absolute Gasteiger partial charge is 0.383 e.